The van der Waals surface area contributed by atoms with Crippen molar-refractivity contribution in [2.45, 2.75) is 31.9 Å². The predicted octanol–water partition coefficient (Wildman–Crippen LogP) is 5.98. The highest BCUT2D eigenvalue weighted by atomic mass is 16.5. The van der Waals surface area contributed by atoms with Gasteiger partial charge in [-0.3, -0.25) is 0 Å². The normalized spacial score (nSPS) is 18.0. The molecule has 2 aliphatic rings. The first-order valence-corrected chi connectivity index (χ1v) is 12.1. The van der Waals surface area contributed by atoms with E-state index >= 15 is 0 Å². The first-order valence-electron chi connectivity index (χ1n) is 12.1. The second-order valence-corrected chi connectivity index (χ2v) is 9.31. The fraction of sp³-hybridized carbons (Fsp3) is 0.241. The summed E-state index contributed by atoms with van der Waals surface area (Å²) in [6.45, 7) is 4.40. The number of hydrogen-bond donors (Lipinski definition) is 1. The van der Waals surface area contributed by atoms with Crippen molar-refractivity contribution in [1.82, 2.24) is 14.8 Å². The number of nitrogens with zero attached hydrogens (tertiary/aromatic N) is 3. The van der Waals surface area contributed by atoms with E-state index < -0.39 is 6.10 Å². The molecule has 0 aliphatic carbocycles. The third-order valence-electron chi connectivity index (χ3n) is 6.96. The third-order valence-corrected chi connectivity index (χ3v) is 6.96. The van der Waals surface area contributed by atoms with Gasteiger partial charge in [0.25, 0.3) is 0 Å². The van der Waals surface area contributed by atoms with Crippen LogP contribution in [0.3, 0.4) is 0 Å². The molecule has 0 spiro atoms. The second kappa shape index (κ2) is 8.75. The number of anilines is 1. The molecule has 2 aliphatic heterocycles. The van der Waals surface area contributed by atoms with Crippen molar-refractivity contribution < 1.29 is 14.2 Å². The molecular formula is C29H28N4O3. The zero-order valence-corrected chi connectivity index (χ0v) is 20.7. The minimum atomic E-state index is -0.421. The number of rotatable bonds is 5. The molecule has 7 nitrogen and oxygen atoms in total. The van der Waals surface area contributed by atoms with Gasteiger partial charge in [-0.25, -0.2) is 4.68 Å². The van der Waals surface area contributed by atoms with Crippen LogP contribution in [0.1, 0.15) is 54.2 Å². The molecule has 1 aromatic heterocycles. The molecule has 0 bridgehead atoms. The highest BCUT2D eigenvalue weighted by Crippen LogP contribution is 2.52. The van der Waals surface area contributed by atoms with E-state index in [0.29, 0.717) is 17.6 Å². The van der Waals surface area contributed by atoms with Gasteiger partial charge in [0, 0.05) is 22.8 Å². The molecule has 3 aromatic carbocycles. The van der Waals surface area contributed by atoms with E-state index in [0.717, 1.165) is 39.5 Å². The van der Waals surface area contributed by atoms with Crippen LogP contribution in [0.5, 0.6) is 17.2 Å². The van der Waals surface area contributed by atoms with Crippen molar-refractivity contribution in [2.75, 3.05) is 19.5 Å². The molecule has 0 fully saturated rings. The van der Waals surface area contributed by atoms with Crippen LogP contribution in [0, 0.1) is 0 Å². The molecule has 7 heteroatoms. The van der Waals surface area contributed by atoms with Crippen LogP contribution in [0.2, 0.25) is 0 Å². The second-order valence-electron chi connectivity index (χ2n) is 9.31. The lowest BCUT2D eigenvalue weighted by molar-refractivity contribution is 0.217. The van der Waals surface area contributed by atoms with E-state index in [4.69, 9.17) is 14.2 Å². The minimum Gasteiger partial charge on any atom is -0.497 e. The molecule has 0 radical (unpaired) electrons. The number of nitrogens with one attached hydrogen (secondary N) is 1. The standard InChI is InChI=1S/C29H28N4O3/c1-17(2)18-9-11-19(12-10-18)27-25-26(32-29-30-16-31-33(27)29)21-7-5-6-8-23(21)36-28(25)22-14-13-20(34-3)15-24(22)35-4/h5-17,27-28H,1-4H3,(H,30,31,32)/t27-,28-/m1/s1. The molecule has 0 saturated heterocycles. The van der Waals surface area contributed by atoms with Gasteiger partial charge in [0.15, 0.2) is 6.10 Å². The third kappa shape index (κ3) is 3.50. The maximum atomic E-state index is 6.73. The summed E-state index contributed by atoms with van der Waals surface area (Å²) in [6, 6.07) is 22.5. The molecular weight excluding hydrogens is 452 g/mol. The first-order chi connectivity index (χ1) is 17.6. The number of benzene rings is 3. The molecule has 4 aromatic rings. The number of para-hydroxylation sites is 1. The molecule has 0 saturated carbocycles. The zero-order chi connectivity index (χ0) is 24.8. The Balaban J connectivity index is 1.59. The molecule has 6 rings (SSSR count). The fourth-order valence-corrected chi connectivity index (χ4v) is 5.09. The van der Waals surface area contributed by atoms with Gasteiger partial charge in [0.05, 0.1) is 19.9 Å². The summed E-state index contributed by atoms with van der Waals surface area (Å²) in [5.74, 6) is 3.37. The summed E-state index contributed by atoms with van der Waals surface area (Å²) in [4.78, 5) is 4.52. The number of ether oxygens (including phenoxy) is 3. The van der Waals surface area contributed by atoms with Crippen molar-refractivity contribution >= 4 is 11.6 Å². The van der Waals surface area contributed by atoms with Crippen LogP contribution in [0.25, 0.3) is 5.70 Å². The summed E-state index contributed by atoms with van der Waals surface area (Å²) in [7, 11) is 3.32. The van der Waals surface area contributed by atoms with Gasteiger partial charge in [-0.05, 0) is 41.3 Å². The van der Waals surface area contributed by atoms with E-state index in [1.807, 2.05) is 41.1 Å². The molecule has 2 atom stereocenters. The van der Waals surface area contributed by atoms with Crippen LogP contribution in [-0.2, 0) is 0 Å². The Labute approximate surface area is 210 Å². The summed E-state index contributed by atoms with van der Waals surface area (Å²) in [5, 5.41) is 8.17. The van der Waals surface area contributed by atoms with Gasteiger partial charge < -0.3 is 19.5 Å². The Bertz CT molecular complexity index is 1460. The van der Waals surface area contributed by atoms with Crippen molar-refractivity contribution in [2.24, 2.45) is 0 Å². The smallest absolute Gasteiger partial charge is 0.226 e. The van der Waals surface area contributed by atoms with Gasteiger partial charge in [0.1, 0.15) is 29.6 Å². The summed E-state index contributed by atoms with van der Waals surface area (Å²) >= 11 is 0. The fourth-order valence-electron chi connectivity index (χ4n) is 5.09. The van der Waals surface area contributed by atoms with Crippen molar-refractivity contribution in [3.63, 3.8) is 0 Å². The van der Waals surface area contributed by atoms with Crippen molar-refractivity contribution in [3.05, 3.63) is 101 Å². The Hall–Kier alpha value is -4.26. The zero-order valence-electron chi connectivity index (χ0n) is 20.7. The lowest BCUT2D eigenvalue weighted by Gasteiger charge is -2.39. The highest BCUT2D eigenvalue weighted by Gasteiger charge is 2.41. The van der Waals surface area contributed by atoms with Crippen LogP contribution in [0.4, 0.5) is 5.95 Å². The highest BCUT2D eigenvalue weighted by molar-refractivity contribution is 5.85. The molecule has 0 unspecified atom stereocenters. The lowest BCUT2D eigenvalue weighted by Crippen LogP contribution is -2.32. The number of methoxy groups -OCH3 is 2. The van der Waals surface area contributed by atoms with E-state index in [-0.39, 0.29) is 6.04 Å². The van der Waals surface area contributed by atoms with Gasteiger partial charge in [0.2, 0.25) is 5.95 Å². The summed E-state index contributed by atoms with van der Waals surface area (Å²) in [5.41, 5.74) is 6.34. The van der Waals surface area contributed by atoms with E-state index in [2.05, 4.69) is 59.6 Å². The monoisotopic (exact) mass is 480 g/mol. The van der Waals surface area contributed by atoms with E-state index in [9.17, 15) is 0 Å². The van der Waals surface area contributed by atoms with Crippen molar-refractivity contribution in [1.29, 1.82) is 0 Å². The molecule has 3 heterocycles. The summed E-state index contributed by atoms with van der Waals surface area (Å²) in [6.07, 6.45) is 1.17. The van der Waals surface area contributed by atoms with Gasteiger partial charge in [-0.15, -0.1) is 0 Å². The lowest BCUT2D eigenvalue weighted by atomic mass is 9.84. The van der Waals surface area contributed by atoms with Crippen molar-refractivity contribution in [3.8, 4) is 17.2 Å². The largest absolute Gasteiger partial charge is 0.497 e. The SMILES string of the molecule is COc1ccc([C@H]2Oc3ccccc3C3=C2[C@@H](c2ccc(C(C)C)cc2)n2ncnc2N3)c(OC)c1. The Morgan fingerprint density at radius 1 is 0.972 bits per heavy atom. The Kier molecular flexibility index (Phi) is 5.40. The van der Waals surface area contributed by atoms with Gasteiger partial charge in [-0.1, -0.05) is 50.2 Å². The molecule has 36 heavy (non-hydrogen) atoms. The number of hydrogen-bond acceptors (Lipinski definition) is 6. The van der Waals surface area contributed by atoms with Gasteiger partial charge >= 0.3 is 0 Å². The molecule has 0 amide bonds. The minimum absolute atomic E-state index is 0.217. The first kappa shape index (κ1) is 22.2. The van der Waals surface area contributed by atoms with Crippen LogP contribution in [-0.4, -0.2) is 29.0 Å². The summed E-state index contributed by atoms with van der Waals surface area (Å²) < 4.78 is 19.9. The van der Waals surface area contributed by atoms with Crippen LogP contribution >= 0.6 is 0 Å². The molecule has 1 N–H and O–H groups in total. The number of fused-ring (bicyclic) bond motifs is 3. The average molecular weight is 481 g/mol. The van der Waals surface area contributed by atoms with Crippen LogP contribution in [0.15, 0.2) is 78.6 Å². The van der Waals surface area contributed by atoms with Gasteiger partial charge in [-0.2, -0.15) is 10.1 Å². The van der Waals surface area contributed by atoms with Crippen LogP contribution < -0.4 is 19.5 Å². The number of aromatic nitrogens is 3. The quantitative estimate of drug-likeness (QED) is 0.379. The topological polar surface area (TPSA) is 70.4 Å². The maximum Gasteiger partial charge on any atom is 0.226 e. The predicted molar refractivity (Wildman–Crippen MR) is 139 cm³/mol. The Morgan fingerprint density at radius 2 is 1.78 bits per heavy atom. The maximum absolute atomic E-state index is 6.73. The molecule has 182 valence electrons. The van der Waals surface area contributed by atoms with E-state index in [1.54, 1.807) is 20.5 Å². The van der Waals surface area contributed by atoms with E-state index in [1.165, 1.54) is 5.56 Å². The Morgan fingerprint density at radius 3 is 2.53 bits per heavy atom. The average Bonchev–Trinajstić information content (AvgIpc) is 3.39.